The highest BCUT2D eigenvalue weighted by molar-refractivity contribution is 7.18. The average Bonchev–Trinajstić information content (AvgIpc) is 3.41. The van der Waals surface area contributed by atoms with Gasteiger partial charge in [-0.3, -0.25) is 4.79 Å². The highest BCUT2D eigenvalue weighted by atomic mass is 32.1. The summed E-state index contributed by atoms with van der Waals surface area (Å²) < 4.78 is 31.4. The summed E-state index contributed by atoms with van der Waals surface area (Å²) in [4.78, 5) is 31.9. The molecule has 0 unspecified atom stereocenters. The van der Waals surface area contributed by atoms with Crippen molar-refractivity contribution >= 4 is 33.4 Å². The van der Waals surface area contributed by atoms with Crippen LogP contribution in [0.3, 0.4) is 0 Å². The molecule has 0 atom stereocenters. The predicted octanol–water partition coefficient (Wildman–Crippen LogP) is 6.19. The molecule has 1 aliphatic heterocycles. The van der Waals surface area contributed by atoms with Crippen molar-refractivity contribution in [2.24, 2.45) is 5.73 Å². The number of thiophene rings is 1. The maximum Gasteiger partial charge on any atom is 0.410 e. The van der Waals surface area contributed by atoms with Crippen LogP contribution in [0.1, 0.15) is 42.4 Å². The number of pyridine rings is 1. The summed E-state index contributed by atoms with van der Waals surface area (Å²) >= 11 is 1.45. The van der Waals surface area contributed by atoms with Gasteiger partial charge in [0.2, 0.25) is 0 Å². The molecule has 2 amide bonds. The Morgan fingerprint density at radius 2 is 1.90 bits per heavy atom. The van der Waals surface area contributed by atoms with Gasteiger partial charge >= 0.3 is 6.09 Å². The molecule has 0 radical (unpaired) electrons. The van der Waals surface area contributed by atoms with Crippen LogP contribution in [0.4, 0.5) is 9.18 Å². The van der Waals surface area contributed by atoms with Gasteiger partial charge in [0.05, 0.1) is 12.3 Å². The maximum atomic E-state index is 14.2. The first kappa shape index (κ1) is 28.5. The first-order chi connectivity index (χ1) is 19.6. The molecule has 0 fully saturated rings. The van der Waals surface area contributed by atoms with E-state index < -0.39 is 17.3 Å². The van der Waals surface area contributed by atoms with Gasteiger partial charge in [-0.25, -0.2) is 14.2 Å². The number of rotatable bonds is 7. The van der Waals surface area contributed by atoms with E-state index in [4.69, 9.17) is 24.9 Å². The normalized spacial score (nSPS) is 13.2. The summed E-state index contributed by atoms with van der Waals surface area (Å²) in [5.41, 5.74) is 10.0. The lowest BCUT2D eigenvalue weighted by molar-refractivity contribution is 0.0224. The van der Waals surface area contributed by atoms with E-state index in [2.05, 4.69) is 6.07 Å². The van der Waals surface area contributed by atoms with Crippen LogP contribution >= 0.6 is 11.3 Å². The quantitative estimate of drug-likeness (QED) is 0.263. The Kier molecular flexibility index (Phi) is 7.97. The van der Waals surface area contributed by atoms with Crippen molar-refractivity contribution < 1.29 is 28.2 Å². The summed E-state index contributed by atoms with van der Waals surface area (Å²) in [5.74, 6) is -0.889. The van der Waals surface area contributed by atoms with Crippen LogP contribution in [0, 0.1) is 5.82 Å². The second-order valence-corrected chi connectivity index (χ2v) is 11.7. The van der Waals surface area contributed by atoms with Gasteiger partial charge in [-0.2, -0.15) is 0 Å². The van der Waals surface area contributed by atoms with E-state index in [0.29, 0.717) is 42.9 Å². The second-order valence-electron chi connectivity index (χ2n) is 10.8. The number of fused-ring (bicyclic) bond motifs is 2. The minimum absolute atomic E-state index is 0.0759. The third kappa shape index (κ3) is 6.03. The zero-order valence-corrected chi connectivity index (χ0v) is 24.3. The summed E-state index contributed by atoms with van der Waals surface area (Å²) in [6.45, 7) is 7.07. The van der Waals surface area contributed by atoms with Crippen LogP contribution in [0.5, 0.6) is 5.75 Å². The highest BCUT2D eigenvalue weighted by Crippen LogP contribution is 2.43. The summed E-state index contributed by atoms with van der Waals surface area (Å²) in [6.07, 6.45) is 0.329. The van der Waals surface area contributed by atoms with Gasteiger partial charge < -0.3 is 24.8 Å². The Bertz CT molecular complexity index is 1630. The number of nitrogens with zero attached hydrogens (tertiary/aromatic N) is 2. The molecular formula is C31H32FN3O5S. The largest absolute Gasteiger partial charge is 0.490 e. The number of hydrogen-bond acceptors (Lipinski definition) is 7. The Morgan fingerprint density at radius 1 is 1.10 bits per heavy atom. The molecular weight excluding hydrogens is 545 g/mol. The van der Waals surface area contributed by atoms with Gasteiger partial charge in [0.1, 0.15) is 29.5 Å². The number of halogens is 1. The number of primary amides is 1. The molecule has 3 heterocycles. The van der Waals surface area contributed by atoms with Crippen molar-refractivity contribution in [1.82, 2.24) is 9.88 Å². The summed E-state index contributed by atoms with van der Waals surface area (Å²) in [7, 11) is 1.55. The molecule has 41 heavy (non-hydrogen) atoms. The van der Waals surface area contributed by atoms with Crippen LogP contribution in [-0.4, -0.2) is 54.4 Å². The number of carbonyl (C=O) groups excluding carboxylic acids is 2. The fourth-order valence-electron chi connectivity index (χ4n) is 4.91. The van der Waals surface area contributed by atoms with Gasteiger partial charge in [-0.15, -0.1) is 11.3 Å². The van der Waals surface area contributed by atoms with Crippen molar-refractivity contribution in [2.45, 2.75) is 39.3 Å². The lowest BCUT2D eigenvalue weighted by Gasteiger charge is -2.31. The summed E-state index contributed by atoms with van der Waals surface area (Å²) in [5, 5.41) is 2.77. The Balaban J connectivity index is 1.56. The van der Waals surface area contributed by atoms with Crippen LogP contribution in [0.25, 0.3) is 32.5 Å². The second kappa shape index (κ2) is 11.5. The van der Waals surface area contributed by atoms with Gasteiger partial charge in [0.25, 0.3) is 5.91 Å². The van der Waals surface area contributed by atoms with E-state index in [-0.39, 0.29) is 24.1 Å². The van der Waals surface area contributed by atoms with E-state index in [1.54, 1.807) is 18.1 Å². The topological polar surface area (TPSA) is 104 Å². The van der Waals surface area contributed by atoms with Crippen molar-refractivity contribution in [1.29, 1.82) is 0 Å². The lowest BCUT2D eigenvalue weighted by atomic mass is 9.94. The number of ether oxygens (including phenoxy) is 3. The van der Waals surface area contributed by atoms with Gasteiger partial charge in [-0.05, 0) is 68.0 Å². The standard InChI is InChI=1S/C31H32FN3O5S/c1-31(2,3)40-30(37)35-11-9-18-15-19(5-6-20(18)17-35)26-23-10-14-41-28(23)25(27(34-26)29(33)36)22-8-7-21(32)16-24(22)39-13-12-38-4/h5-8,10,14-16H,9,11-13,17H2,1-4H3,(H2,33,36). The molecule has 0 spiro atoms. The minimum atomic E-state index is -0.699. The molecule has 0 saturated carbocycles. The zero-order chi connectivity index (χ0) is 29.3. The molecule has 8 nitrogen and oxygen atoms in total. The van der Waals surface area contributed by atoms with E-state index in [9.17, 15) is 14.0 Å². The van der Waals surface area contributed by atoms with Crippen molar-refractivity contribution in [2.75, 3.05) is 26.9 Å². The van der Waals surface area contributed by atoms with E-state index in [1.165, 1.54) is 23.5 Å². The van der Waals surface area contributed by atoms with Gasteiger partial charge in [-0.1, -0.05) is 12.1 Å². The molecule has 0 aliphatic carbocycles. The van der Waals surface area contributed by atoms with Crippen molar-refractivity contribution in [3.8, 4) is 28.1 Å². The number of methoxy groups -OCH3 is 1. The van der Waals surface area contributed by atoms with Crippen LogP contribution in [0.15, 0.2) is 47.8 Å². The molecule has 4 aromatic rings. The molecule has 2 aromatic carbocycles. The number of hydrogen-bond donors (Lipinski definition) is 1. The molecule has 10 heteroatoms. The average molecular weight is 578 g/mol. The van der Waals surface area contributed by atoms with Gasteiger partial charge in [0, 0.05) is 53.0 Å². The van der Waals surface area contributed by atoms with E-state index in [0.717, 1.165) is 26.8 Å². The number of amides is 2. The van der Waals surface area contributed by atoms with Gasteiger partial charge in [0.15, 0.2) is 0 Å². The zero-order valence-electron chi connectivity index (χ0n) is 23.5. The third-order valence-corrected chi connectivity index (χ3v) is 7.67. The molecule has 214 valence electrons. The van der Waals surface area contributed by atoms with Crippen molar-refractivity contribution in [3.05, 3.63) is 70.5 Å². The number of nitrogens with two attached hydrogens (primary N) is 1. The molecule has 2 N–H and O–H groups in total. The van der Waals surface area contributed by atoms with Crippen LogP contribution in [-0.2, 0) is 22.4 Å². The molecule has 5 rings (SSSR count). The Morgan fingerprint density at radius 3 is 2.63 bits per heavy atom. The molecule has 2 aromatic heterocycles. The Labute approximate surface area is 241 Å². The molecule has 0 saturated heterocycles. The third-order valence-electron chi connectivity index (χ3n) is 6.74. The predicted molar refractivity (Wildman–Crippen MR) is 157 cm³/mol. The highest BCUT2D eigenvalue weighted by Gasteiger charge is 2.27. The monoisotopic (exact) mass is 577 g/mol. The first-order valence-corrected chi connectivity index (χ1v) is 14.2. The number of benzene rings is 2. The molecule has 1 aliphatic rings. The maximum absolute atomic E-state index is 14.2. The Hall–Kier alpha value is -4.02. The summed E-state index contributed by atoms with van der Waals surface area (Å²) in [6, 6.07) is 12.1. The van der Waals surface area contributed by atoms with Crippen LogP contribution in [0.2, 0.25) is 0 Å². The van der Waals surface area contributed by atoms with Crippen LogP contribution < -0.4 is 10.5 Å². The fourth-order valence-corrected chi connectivity index (χ4v) is 5.87. The lowest BCUT2D eigenvalue weighted by Crippen LogP contribution is -2.39. The van der Waals surface area contributed by atoms with E-state index in [1.807, 2.05) is 44.4 Å². The smallest absolute Gasteiger partial charge is 0.410 e. The number of aromatic nitrogens is 1. The first-order valence-electron chi connectivity index (χ1n) is 13.3. The number of carbonyl (C=O) groups is 2. The fraction of sp³-hybridized carbons (Fsp3) is 0.323. The SMILES string of the molecule is COCCOc1cc(F)ccc1-c1c(C(N)=O)nc(-c2ccc3c(c2)CCN(C(=O)OC(C)(C)C)C3)c2ccsc12. The van der Waals surface area contributed by atoms with Crippen molar-refractivity contribution in [3.63, 3.8) is 0 Å². The molecule has 0 bridgehead atoms. The minimum Gasteiger partial charge on any atom is -0.490 e. The van der Waals surface area contributed by atoms with E-state index >= 15 is 0 Å².